The Hall–Kier alpha value is -2.83. The first kappa shape index (κ1) is 18.0. The molecule has 0 spiro atoms. The number of halogens is 3. The number of aliphatic carboxylic acids is 1. The fraction of sp³-hybridized carbons (Fsp3) is 0.263. The molecule has 0 aliphatic heterocycles. The summed E-state index contributed by atoms with van der Waals surface area (Å²) in [6.45, 7) is 0. The molecule has 1 saturated carbocycles. The fourth-order valence-electron chi connectivity index (χ4n) is 2.98. The van der Waals surface area contributed by atoms with Crippen molar-refractivity contribution in [3.63, 3.8) is 0 Å². The summed E-state index contributed by atoms with van der Waals surface area (Å²) >= 11 is 0. The topological polar surface area (TPSA) is 66.4 Å². The molecule has 0 saturated heterocycles. The molecule has 26 heavy (non-hydrogen) atoms. The molecule has 1 amide bonds. The lowest BCUT2D eigenvalue weighted by molar-refractivity contribution is -0.142. The maximum Gasteiger partial charge on any atom is 0.416 e. The van der Waals surface area contributed by atoms with E-state index in [1.807, 2.05) is 0 Å². The van der Waals surface area contributed by atoms with Gasteiger partial charge in [-0.15, -0.1) is 0 Å². The Labute approximate surface area is 147 Å². The third kappa shape index (κ3) is 3.87. The van der Waals surface area contributed by atoms with Crippen molar-refractivity contribution < 1.29 is 27.9 Å². The van der Waals surface area contributed by atoms with Gasteiger partial charge in [0, 0.05) is 5.92 Å². The third-order valence-corrected chi connectivity index (χ3v) is 4.44. The maximum absolute atomic E-state index is 12.8. The van der Waals surface area contributed by atoms with Gasteiger partial charge in [0.15, 0.2) is 6.04 Å². The number of carboxylic acid groups (broad SMARTS) is 1. The van der Waals surface area contributed by atoms with E-state index in [1.54, 1.807) is 36.4 Å². The summed E-state index contributed by atoms with van der Waals surface area (Å²) in [7, 11) is 0. The summed E-state index contributed by atoms with van der Waals surface area (Å²) in [5.41, 5.74) is 0.116. The number of hydrogen-bond donors (Lipinski definition) is 2. The summed E-state index contributed by atoms with van der Waals surface area (Å²) in [6, 6.07) is 12.0. The van der Waals surface area contributed by atoms with Crippen LogP contribution in [0.1, 0.15) is 35.1 Å². The van der Waals surface area contributed by atoms with Crippen molar-refractivity contribution in [2.24, 2.45) is 5.92 Å². The molecule has 0 bridgehead atoms. The molecule has 136 valence electrons. The van der Waals surface area contributed by atoms with E-state index in [-0.39, 0.29) is 5.92 Å². The van der Waals surface area contributed by atoms with Crippen LogP contribution in [-0.2, 0) is 15.8 Å². The SMILES string of the molecule is O=C(N[C@H](C(=O)O)c1ccccc1)C1CC1c1cccc(C(F)(F)F)c1. The predicted molar refractivity (Wildman–Crippen MR) is 87.3 cm³/mol. The fourth-order valence-corrected chi connectivity index (χ4v) is 2.98. The van der Waals surface area contributed by atoms with E-state index in [9.17, 15) is 27.9 Å². The van der Waals surface area contributed by atoms with Gasteiger partial charge in [0.25, 0.3) is 0 Å². The first-order chi connectivity index (χ1) is 12.3. The van der Waals surface area contributed by atoms with Gasteiger partial charge in [0.1, 0.15) is 0 Å². The second-order valence-corrected chi connectivity index (χ2v) is 6.26. The number of carbonyl (C=O) groups is 2. The molecule has 4 nitrogen and oxygen atoms in total. The summed E-state index contributed by atoms with van der Waals surface area (Å²) < 4.78 is 38.4. The second-order valence-electron chi connectivity index (χ2n) is 6.26. The van der Waals surface area contributed by atoms with Crippen LogP contribution in [0.4, 0.5) is 13.2 Å². The minimum Gasteiger partial charge on any atom is -0.479 e. The lowest BCUT2D eigenvalue weighted by atomic mass is 10.0. The molecule has 1 aliphatic carbocycles. The first-order valence-corrected chi connectivity index (χ1v) is 8.02. The quantitative estimate of drug-likeness (QED) is 0.850. The monoisotopic (exact) mass is 363 g/mol. The molecule has 2 unspecified atom stereocenters. The number of nitrogens with one attached hydrogen (secondary N) is 1. The molecule has 3 rings (SSSR count). The van der Waals surface area contributed by atoms with Gasteiger partial charge >= 0.3 is 12.1 Å². The molecular formula is C19H16F3NO3. The summed E-state index contributed by atoms with van der Waals surface area (Å²) in [6.07, 6.45) is -4.04. The van der Waals surface area contributed by atoms with Gasteiger partial charge in [-0.2, -0.15) is 13.2 Å². The number of alkyl halides is 3. The molecule has 2 aromatic rings. The Balaban J connectivity index is 1.70. The van der Waals surface area contributed by atoms with Gasteiger partial charge in [-0.05, 0) is 29.5 Å². The van der Waals surface area contributed by atoms with Crippen molar-refractivity contribution >= 4 is 11.9 Å². The van der Waals surface area contributed by atoms with Crippen molar-refractivity contribution in [2.45, 2.75) is 24.6 Å². The average Bonchev–Trinajstić information content (AvgIpc) is 3.40. The maximum atomic E-state index is 12.8. The standard InChI is InChI=1S/C19H16F3NO3/c20-19(21,22)13-8-4-7-12(9-13)14-10-15(14)17(24)23-16(18(25)26)11-5-2-1-3-6-11/h1-9,14-16H,10H2,(H,23,24)(H,25,26)/t14?,15?,16-/m0/s1. The molecule has 0 heterocycles. The van der Waals surface area contributed by atoms with Gasteiger partial charge in [-0.25, -0.2) is 4.79 Å². The second kappa shape index (κ2) is 6.82. The highest BCUT2D eigenvalue weighted by molar-refractivity contribution is 5.88. The molecule has 2 aromatic carbocycles. The van der Waals surface area contributed by atoms with Crippen molar-refractivity contribution in [1.82, 2.24) is 5.32 Å². The number of amides is 1. The molecule has 1 fully saturated rings. The van der Waals surface area contributed by atoms with Crippen LogP contribution in [0, 0.1) is 5.92 Å². The van der Waals surface area contributed by atoms with E-state index in [2.05, 4.69) is 5.32 Å². The van der Waals surface area contributed by atoms with Gasteiger partial charge in [-0.3, -0.25) is 4.79 Å². The highest BCUT2D eigenvalue weighted by Gasteiger charge is 2.45. The number of hydrogen-bond acceptors (Lipinski definition) is 2. The first-order valence-electron chi connectivity index (χ1n) is 8.02. The zero-order chi connectivity index (χ0) is 18.9. The molecule has 1 aliphatic rings. The molecule has 0 radical (unpaired) electrons. The average molecular weight is 363 g/mol. The van der Waals surface area contributed by atoms with E-state index in [4.69, 9.17) is 0 Å². The van der Waals surface area contributed by atoms with Crippen LogP contribution >= 0.6 is 0 Å². The predicted octanol–water partition coefficient (Wildman–Crippen LogP) is 3.75. The van der Waals surface area contributed by atoms with Crippen molar-refractivity contribution in [1.29, 1.82) is 0 Å². The smallest absolute Gasteiger partial charge is 0.416 e. The summed E-state index contributed by atoms with van der Waals surface area (Å²) in [4.78, 5) is 23.8. The van der Waals surface area contributed by atoms with E-state index in [0.29, 0.717) is 17.5 Å². The Morgan fingerprint density at radius 3 is 2.38 bits per heavy atom. The zero-order valence-electron chi connectivity index (χ0n) is 13.5. The van der Waals surface area contributed by atoms with E-state index >= 15 is 0 Å². The summed E-state index contributed by atoms with van der Waals surface area (Å²) in [5.74, 6) is -2.52. The van der Waals surface area contributed by atoms with Crippen LogP contribution in [0.25, 0.3) is 0 Å². The van der Waals surface area contributed by atoms with E-state index in [1.165, 1.54) is 6.07 Å². The number of benzene rings is 2. The van der Waals surface area contributed by atoms with Gasteiger partial charge < -0.3 is 10.4 Å². The normalized spacial score (nSPS) is 20.3. The highest BCUT2D eigenvalue weighted by Crippen LogP contribution is 2.48. The van der Waals surface area contributed by atoms with E-state index < -0.39 is 35.6 Å². The Morgan fingerprint density at radius 1 is 1.08 bits per heavy atom. The number of carboxylic acids is 1. The van der Waals surface area contributed by atoms with Crippen LogP contribution in [0.15, 0.2) is 54.6 Å². The molecule has 0 aromatic heterocycles. The van der Waals surface area contributed by atoms with Crippen molar-refractivity contribution in [2.75, 3.05) is 0 Å². The van der Waals surface area contributed by atoms with Crippen LogP contribution in [0.3, 0.4) is 0 Å². The minimum atomic E-state index is -4.44. The molecule has 7 heteroatoms. The van der Waals surface area contributed by atoms with Crippen LogP contribution in [-0.4, -0.2) is 17.0 Å². The van der Waals surface area contributed by atoms with Crippen LogP contribution < -0.4 is 5.32 Å². The van der Waals surface area contributed by atoms with Crippen molar-refractivity contribution in [3.05, 3.63) is 71.3 Å². The van der Waals surface area contributed by atoms with E-state index in [0.717, 1.165) is 12.1 Å². The minimum absolute atomic E-state index is 0.331. The largest absolute Gasteiger partial charge is 0.479 e. The van der Waals surface area contributed by atoms with Gasteiger partial charge in [0.05, 0.1) is 5.56 Å². The highest BCUT2D eigenvalue weighted by atomic mass is 19.4. The number of carbonyl (C=O) groups excluding carboxylic acids is 1. The Morgan fingerprint density at radius 2 is 1.77 bits per heavy atom. The lowest BCUT2D eigenvalue weighted by Gasteiger charge is -2.15. The molecule has 3 atom stereocenters. The summed E-state index contributed by atoms with van der Waals surface area (Å²) in [5, 5.41) is 11.8. The molecular weight excluding hydrogens is 347 g/mol. The van der Waals surface area contributed by atoms with Gasteiger partial charge in [-0.1, -0.05) is 48.5 Å². The Bertz CT molecular complexity index is 820. The number of rotatable bonds is 5. The van der Waals surface area contributed by atoms with Crippen LogP contribution in [0.2, 0.25) is 0 Å². The molecule has 2 N–H and O–H groups in total. The van der Waals surface area contributed by atoms with Gasteiger partial charge in [0.2, 0.25) is 5.91 Å². The zero-order valence-corrected chi connectivity index (χ0v) is 13.5. The van der Waals surface area contributed by atoms with Crippen molar-refractivity contribution in [3.8, 4) is 0 Å². The lowest BCUT2D eigenvalue weighted by Crippen LogP contribution is -2.35. The third-order valence-electron chi connectivity index (χ3n) is 4.44. The van der Waals surface area contributed by atoms with Crippen LogP contribution in [0.5, 0.6) is 0 Å². The Kier molecular flexibility index (Phi) is 4.71.